The molecular formula is C79H101N3. The third-order valence-electron chi connectivity index (χ3n) is 15.5. The second kappa shape index (κ2) is 24.6. The van der Waals surface area contributed by atoms with Gasteiger partial charge in [-0.2, -0.15) is 0 Å². The molecule has 0 radical (unpaired) electrons. The number of aromatic nitrogens is 3. The average Bonchev–Trinajstić information content (AvgIpc) is 3.57. The van der Waals surface area contributed by atoms with Gasteiger partial charge in [0.15, 0.2) is 0 Å². The zero-order chi connectivity index (χ0) is 61.0. The highest BCUT2D eigenvalue weighted by Crippen LogP contribution is 2.33. The van der Waals surface area contributed by atoms with E-state index in [2.05, 4.69) is 341 Å². The molecule has 0 amide bonds. The van der Waals surface area contributed by atoms with Crippen LogP contribution in [0.4, 0.5) is 0 Å². The summed E-state index contributed by atoms with van der Waals surface area (Å²) in [7, 11) is 0. The highest BCUT2D eigenvalue weighted by molar-refractivity contribution is 5.83. The summed E-state index contributed by atoms with van der Waals surface area (Å²) in [6, 6.07) is 61.6. The van der Waals surface area contributed by atoms with E-state index in [-0.39, 0.29) is 43.3 Å². The van der Waals surface area contributed by atoms with Crippen molar-refractivity contribution in [1.29, 1.82) is 0 Å². The van der Waals surface area contributed by atoms with Crippen molar-refractivity contribution in [3.63, 3.8) is 0 Å². The summed E-state index contributed by atoms with van der Waals surface area (Å²) in [5.41, 5.74) is 22.2. The maximum Gasteiger partial charge on any atom is 0.0894 e. The fraction of sp³-hybridized carbons (Fsp3) is 0.405. The Labute approximate surface area is 497 Å². The lowest BCUT2D eigenvalue weighted by atomic mass is 9.82. The lowest BCUT2D eigenvalue weighted by Crippen LogP contribution is -2.14. The summed E-state index contributed by atoms with van der Waals surface area (Å²) in [6.45, 7) is 53.8. The molecule has 0 atom stereocenters. The summed E-state index contributed by atoms with van der Waals surface area (Å²) in [5, 5.41) is 1.21. The van der Waals surface area contributed by atoms with Gasteiger partial charge in [0.05, 0.1) is 34.1 Å². The predicted molar refractivity (Wildman–Crippen MR) is 360 cm³/mol. The molecule has 0 spiro atoms. The Morgan fingerprint density at radius 1 is 0.207 bits per heavy atom. The molecular weight excluding hydrogens is 991 g/mol. The van der Waals surface area contributed by atoms with E-state index in [9.17, 15) is 0 Å². The van der Waals surface area contributed by atoms with Crippen LogP contribution in [0.15, 0.2) is 176 Å². The lowest BCUT2D eigenvalue weighted by molar-refractivity contribution is 0.577. The highest BCUT2D eigenvalue weighted by Gasteiger charge is 2.21. The van der Waals surface area contributed by atoms with E-state index in [0.717, 1.165) is 33.5 Å². The number of hydrogen-bond donors (Lipinski definition) is 0. The zero-order valence-electron chi connectivity index (χ0n) is 55.1. The number of pyridine rings is 1. The van der Waals surface area contributed by atoms with E-state index >= 15 is 0 Å². The van der Waals surface area contributed by atoms with E-state index in [1.165, 1.54) is 66.6 Å². The van der Waals surface area contributed by atoms with Crippen LogP contribution in [0.2, 0.25) is 0 Å². The molecule has 2 aromatic heterocycles. The minimum atomic E-state index is 0.122. The number of fused-ring (bicyclic) bond motifs is 2. The molecule has 7 aromatic carbocycles. The number of benzene rings is 7. The Bertz CT molecular complexity index is 3260. The normalized spacial score (nSPS) is 12.6. The molecule has 3 heteroatoms. The van der Waals surface area contributed by atoms with Gasteiger partial charge in [-0.25, -0.2) is 9.97 Å². The van der Waals surface area contributed by atoms with Crippen LogP contribution in [0.25, 0.3) is 55.6 Å². The van der Waals surface area contributed by atoms with Crippen LogP contribution in [0.5, 0.6) is 0 Å². The van der Waals surface area contributed by atoms with Crippen LogP contribution in [-0.2, 0) is 43.3 Å². The van der Waals surface area contributed by atoms with Gasteiger partial charge in [0.2, 0.25) is 0 Å². The molecule has 0 fully saturated rings. The molecule has 82 heavy (non-hydrogen) atoms. The summed E-state index contributed by atoms with van der Waals surface area (Å²) in [4.78, 5) is 14.3. The van der Waals surface area contributed by atoms with Crippen molar-refractivity contribution in [2.75, 3.05) is 0 Å². The molecule has 0 saturated heterocycles. The second-order valence-electron chi connectivity index (χ2n) is 30.9. The van der Waals surface area contributed by atoms with Crippen molar-refractivity contribution >= 4 is 21.9 Å². The molecule has 0 aliphatic heterocycles. The molecule has 0 bridgehead atoms. The molecule has 3 nitrogen and oxygen atoms in total. The van der Waals surface area contributed by atoms with Gasteiger partial charge in [-0.05, 0) is 129 Å². The minimum Gasteiger partial charge on any atom is -0.252 e. The van der Waals surface area contributed by atoms with Gasteiger partial charge in [-0.3, -0.25) is 4.98 Å². The Morgan fingerprint density at radius 3 is 0.793 bits per heavy atom. The SMILES string of the molecule is CC(C)(C)c1ccc(-c2ccc(C(C)(C)C)cc2)cc1.CC(C)(C)c1ccc(-c2ccc3cc(C(C)(C)C)ccc3n2)cc1.CC(C)(C)c1ccc(-c2cnc3cc(C(C)(C)C)ccc3n2)cc1.CC(C)(C)c1ccc(C(C)(C)C)cc1. The first kappa shape index (κ1) is 64.5. The van der Waals surface area contributed by atoms with Crippen LogP contribution < -0.4 is 0 Å². The fourth-order valence-electron chi connectivity index (χ4n) is 9.45. The quantitative estimate of drug-likeness (QED) is 0.177. The maximum absolute atomic E-state index is 4.86. The predicted octanol–water partition coefficient (Wildman–Crippen LogP) is 22.6. The van der Waals surface area contributed by atoms with Gasteiger partial charge in [0.1, 0.15) is 0 Å². The van der Waals surface area contributed by atoms with Crippen molar-refractivity contribution in [3.05, 3.63) is 221 Å². The Hall–Kier alpha value is -6.71. The highest BCUT2D eigenvalue weighted by atomic mass is 14.8. The minimum absolute atomic E-state index is 0.122. The third kappa shape index (κ3) is 17.7. The van der Waals surface area contributed by atoms with E-state index < -0.39 is 0 Å². The van der Waals surface area contributed by atoms with E-state index in [1.807, 2.05) is 6.20 Å². The van der Waals surface area contributed by atoms with Crippen LogP contribution in [0, 0.1) is 0 Å². The van der Waals surface area contributed by atoms with Gasteiger partial charge in [0.25, 0.3) is 0 Å². The molecule has 0 N–H and O–H groups in total. The van der Waals surface area contributed by atoms with Gasteiger partial charge in [0, 0.05) is 16.5 Å². The number of nitrogens with zero attached hydrogens (tertiary/aromatic N) is 3. The zero-order valence-corrected chi connectivity index (χ0v) is 55.1. The van der Waals surface area contributed by atoms with Crippen molar-refractivity contribution in [1.82, 2.24) is 15.0 Å². The molecule has 432 valence electrons. The van der Waals surface area contributed by atoms with E-state index in [4.69, 9.17) is 9.97 Å². The average molecular weight is 1090 g/mol. The summed E-state index contributed by atoms with van der Waals surface area (Å²) in [6.07, 6.45) is 1.88. The molecule has 0 aliphatic rings. The Balaban J connectivity index is 0.000000179. The molecule has 9 aromatic rings. The number of rotatable bonds is 3. The van der Waals surface area contributed by atoms with Crippen LogP contribution in [0.1, 0.15) is 211 Å². The number of hydrogen-bond acceptors (Lipinski definition) is 3. The van der Waals surface area contributed by atoms with Crippen molar-refractivity contribution in [2.24, 2.45) is 0 Å². The van der Waals surface area contributed by atoms with E-state index in [0.29, 0.717) is 0 Å². The van der Waals surface area contributed by atoms with Crippen LogP contribution >= 0.6 is 0 Å². The molecule has 0 aliphatic carbocycles. The second-order valence-corrected chi connectivity index (χ2v) is 30.9. The monoisotopic (exact) mass is 1090 g/mol. The van der Waals surface area contributed by atoms with Gasteiger partial charge in [-0.15, -0.1) is 0 Å². The van der Waals surface area contributed by atoms with Crippen molar-refractivity contribution in [2.45, 2.75) is 209 Å². The van der Waals surface area contributed by atoms with Gasteiger partial charge in [-0.1, -0.05) is 306 Å². The largest absolute Gasteiger partial charge is 0.252 e. The fourth-order valence-corrected chi connectivity index (χ4v) is 9.45. The topological polar surface area (TPSA) is 38.7 Å². The molecule has 9 rings (SSSR count). The Kier molecular flexibility index (Phi) is 19.4. The van der Waals surface area contributed by atoms with Crippen LogP contribution in [-0.4, -0.2) is 15.0 Å². The standard InChI is InChI=1S/C23H27N.C22H26N2.C20H26.C14H22/c1-22(2,3)18-10-7-16(8-11-18)20-13-9-17-15-19(23(4,5)6)12-14-21(17)24-20;1-21(2,3)16-9-7-15(8-10-16)20-14-23-19-13-17(22(4,5)6)11-12-18(19)24-20;1-19(2,3)17-11-7-15(8-12-17)16-9-13-18(14-10-16)20(4,5)6;1-13(2,3)11-7-9-12(10-8-11)14(4,5)6/h7-15H,1-6H3;7-14H,1-6H3;7-14H,1-6H3;7-10H,1-6H3. The Morgan fingerprint density at radius 2 is 0.463 bits per heavy atom. The first-order chi connectivity index (χ1) is 37.7. The smallest absolute Gasteiger partial charge is 0.0894 e. The van der Waals surface area contributed by atoms with E-state index in [1.54, 1.807) is 0 Å². The van der Waals surface area contributed by atoms with Crippen LogP contribution in [0.3, 0.4) is 0 Å². The third-order valence-corrected chi connectivity index (χ3v) is 15.5. The molecule has 0 unspecified atom stereocenters. The summed E-state index contributed by atoms with van der Waals surface area (Å²) < 4.78 is 0. The summed E-state index contributed by atoms with van der Waals surface area (Å²) >= 11 is 0. The first-order valence-electron chi connectivity index (χ1n) is 29.9. The molecule has 2 heterocycles. The lowest BCUT2D eigenvalue weighted by Gasteiger charge is -2.23. The summed E-state index contributed by atoms with van der Waals surface area (Å²) in [5.74, 6) is 0. The maximum atomic E-state index is 4.86. The van der Waals surface area contributed by atoms with Crippen molar-refractivity contribution < 1.29 is 0 Å². The van der Waals surface area contributed by atoms with Gasteiger partial charge >= 0.3 is 0 Å². The first-order valence-corrected chi connectivity index (χ1v) is 29.9. The molecule has 0 saturated carbocycles. The van der Waals surface area contributed by atoms with Gasteiger partial charge < -0.3 is 0 Å². The van der Waals surface area contributed by atoms with Crippen molar-refractivity contribution in [3.8, 4) is 33.6 Å².